The van der Waals surface area contributed by atoms with E-state index < -0.39 is 11.7 Å². The van der Waals surface area contributed by atoms with Gasteiger partial charge in [-0.3, -0.25) is 9.59 Å². The Morgan fingerprint density at radius 3 is 2.76 bits per heavy atom. The fourth-order valence-corrected chi connectivity index (χ4v) is 3.47. The first-order valence-electron chi connectivity index (χ1n) is 8.82. The molecule has 5 nitrogen and oxygen atoms in total. The summed E-state index contributed by atoms with van der Waals surface area (Å²) in [6.07, 6.45) is 0.801. The molecule has 1 heterocycles. The second-order valence-electron chi connectivity index (χ2n) is 6.40. The van der Waals surface area contributed by atoms with Gasteiger partial charge in [-0.15, -0.1) is 0 Å². The summed E-state index contributed by atoms with van der Waals surface area (Å²) < 4.78 is 25.1. The van der Waals surface area contributed by atoms with Crippen LogP contribution >= 0.6 is 11.6 Å². The van der Waals surface area contributed by atoms with Crippen molar-refractivity contribution in [3.8, 4) is 22.6 Å². The molecule has 0 spiro atoms. The van der Waals surface area contributed by atoms with E-state index in [0.717, 1.165) is 23.3 Å². The van der Waals surface area contributed by atoms with E-state index in [9.17, 15) is 14.0 Å². The number of para-hydroxylation sites is 1. The Balaban J connectivity index is 1.63. The van der Waals surface area contributed by atoms with E-state index in [0.29, 0.717) is 12.2 Å². The Morgan fingerprint density at radius 2 is 1.97 bits per heavy atom. The fourth-order valence-electron chi connectivity index (χ4n) is 3.22. The normalized spacial score (nSPS) is 12.1. The molecule has 0 saturated carbocycles. The van der Waals surface area contributed by atoms with Crippen molar-refractivity contribution in [3.63, 3.8) is 0 Å². The van der Waals surface area contributed by atoms with Gasteiger partial charge in [0.25, 0.3) is 12.4 Å². The van der Waals surface area contributed by atoms with Crippen LogP contribution in [-0.4, -0.2) is 19.0 Å². The summed E-state index contributed by atoms with van der Waals surface area (Å²) in [4.78, 5) is 23.2. The Labute approximate surface area is 171 Å². The third-order valence-electron chi connectivity index (χ3n) is 4.61. The summed E-state index contributed by atoms with van der Waals surface area (Å²) in [5, 5.41) is 2.51. The molecule has 4 rings (SSSR count). The first-order chi connectivity index (χ1) is 14.1. The van der Waals surface area contributed by atoms with Crippen molar-refractivity contribution < 1.29 is 23.5 Å². The standard InChI is InChI=1S/C22H15ClFNO4/c23-17-10-15(13-5-6-19-14(9-13)7-8-28-19)11-18(24)21(17)25-22(27)16-3-1-2-4-20(16)29-12-26/h1-6,9-12H,7-8H2,(H,25,27). The SMILES string of the molecule is O=COc1ccccc1C(=O)Nc1c(F)cc(-c2ccc3c(c2)CCO3)cc1Cl. The van der Waals surface area contributed by atoms with E-state index >= 15 is 0 Å². The van der Waals surface area contributed by atoms with Crippen LogP contribution in [0, 0.1) is 5.82 Å². The number of halogens is 2. The predicted molar refractivity (Wildman–Crippen MR) is 107 cm³/mol. The molecule has 0 atom stereocenters. The first kappa shape index (κ1) is 19.0. The molecule has 1 N–H and O–H groups in total. The van der Waals surface area contributed by atoms with Crippen molar-refractivity contribution in [1.29, 1.82) is 0 Å². The molecule has 1 amide bonds. The number of carbonyl (C=O) groups is 2. The number of nitrogens with one attached hydrogen (secondary N) is 1. The number of amides is 1. The van der Waals surface area contributed by atoms with Crippen LogP contribution in [0.2, 0.25) is 5.02 Å². The molecule has 0 aliphatic carbocycles. The van der Waals surface area contributed by atoms with Crippen LogP contribution < -0.4 is 14.8 Å². The van der Waals surface area contributed by atoms with Crippen LogP contribution in [0.1, 0.15) is 15.9 Å². The summed E-state index contributed by atoms with van der Waals surface area (Å²) in [7, 11) is 0. The second kappa shape index (κ2) is 7.93. The van der Waals surface area contributed by atoms with Gasteiger partial charge >= 0.3 is 0 Å². The largest absolute Gasteiger partial charge is 0.493 e. The average molecular weight is 412 g/mol. The van der Waals surface area contributed by atoms with E-state index in [-0.39, 0.29) is 28.5 Å². The summed E-state index contributed by atoms with van der Waals surface area (Å²) >= 11 is 6.27. The number of hydrogen-bond donors (Lipinski definition) is 1. The van der Waals surface area contributed by atoms with Crippen molar-refractivity contribution in [3.05, 3.63) is 76.6 Å². The molecule has 0 unspecified atom stereocenters. The molecule has 1 aliphatic heterocycles. The second-order valence-corrected chi connectivity index (χ2v) is 6.81. The van der Waals surface area contributed by atoms with Crippen LogP contribution in [0.4, 0.5) is 10.1 Å². The van der Waals surface area contributed by atoms with Gasteiger partial charge in [0.05, 0.1) is 22.9 Å². The van der Waals surface area contributed by atoms with Gasteiger partial charge in [-0.1, -0.05) is 29.8 Å². The summed E-state index contributed by atoms with van der Waals surface area (Å²) in [6.45, 7) is 0.851. The Bertz CT molecular complexity index is 1090. The molecule has 0 aromatic heterocycles. The lowest BCUT2D eigenvalue weighted by molar-refractivity contribution is -0.120. The minimum Gasteiger partial charge on any atom is -0.493 e. The lowest BCUT2D eigenvalue weighted by atomic mass is 10.0. The highest BCUT2D eigenvalue weighted by molar-refractivity contribution is 6.34. The first-order valence-corrected chi connectivity index (χ1v) is 9.20. The fraction of sp³-hybridized carbons (Fsp3) is 0.0909. The van der Waals surface area contributed by atoms with Crippen molar-refractivity contribution in [2.45, 2.75) is 6.42 Å². The van der Waals surface area contributed by atoms with Crippen molar-refractivity contribution >= 4 is 29.7 Å². The maximum atomic E-state index is 14.8. The summed E-state index contributed by atoms with van der Waals surface area (Å²) in [5.41, 5.74) is 2.38. The molecule has 7 heteroatoms. The van der Waals surface area contributed by atoms with E-state index in [4.69, 9.17) is 21.1 Å². The van der Waals surface area contributed by atoms with Crippen LogP contribution in [0.3, 0.4) is 0 Å². The molecule has 3 aromatic carbocycles. The van der Waals surface area contributed by atoms with Crippen molar-refractivity contribution in [2.75, 3.05) is 11.9 Å². The number of carbonyl (C=O) groups excluding carboxylic acids is 2. The topological polar surface area (TPSA) is 64.6 Å². The van der Waals surface area contributed by atoms with Crippen LogP contribution in [-0.2, 0) is 11.2 Å². The van der Waals surface area contributed by atoms with Gasteiger partial charge in [0.2, 0.25) is 0 Å². The van der Waals surface area contributed by atoms with Crippen molar-refractivity contribution in [2.24, 2.45) is 0 Å². The number of hydrogen-bond acceptors (Lipinski definition) is 4. The molecule has 0 fully saturated rings. The third kappa shape index (κ3) is 3.79. The number of ether oxygens (including phenoxy) is 2. The molecular formula is C22H15ClFNO4. The smallest absolute Gasteiger partial charge is 0.298 e. The zero-order valence-electron chi connectivity index (χ0n) is 15.1. The van der Waals surface area contributed by atoms with Gasteiger partial charge < -0.3 is 14.8 Å². The van der Waals surface area contributed by atoms with Gasteiger partial charge in [0, 0.05) is 6.42 Å². The van der Waals surface area contributed by atoms with Gasteiger partial charge in [-0.2, -0.15) is 0 Å². The van der Waals surface area contributed by atoms with Gasteiger partial charge in [0.15, 0.2) is 0 Å². The van der Waals surface area contributed by atoms with Gasteiger partial charge in [-0.25, -0.2) is 4.39 Å². The maximum absolute atomic E-state index is 14.8. The lowest BCUT2D eigenvalue weighted by Gasteiger charge is -2.12. The molecule has 0 bridgehead atoms. The van der Waals surface area contributed by atoms with Gasteiger partial charge in [0.1, 0.15) is 17.3 Å². The third-order valence-corrected chi connectivity index (χ3v) is 4.91. The molecule has 29 heavy (non-hydrogen) atoms. The summed E-state index contributed by atoms with van der Waals surface area (Å²) in [5.74, 6) is -0.425. The number of benzene rings is 3. The maximum Gasteiger partial charge on any atom is 0.298 e. The summed E-state index contributed by atoms with van der Waals surface area (Å²) in [6, 6.07) is 14.7. The molecule has 0 saturated heterocycles. The lowest BCUT2D eigenvalue weighted by Crippen LogP contribution is -2.15. The van der Waals surface area contributed by atoms with Gasteiger partial charge in [-0.05, 0) is 53.1 Å². The highest BCUT2D eigenvalue weighted by Crippen LogP contribution is 2.35. The van der Waals surface area contributed by atoms with E-state index in [1.807, 2.05) is 18.2 Å². The van der Waals surface area contributed by atoms with Crippen LogP contribution in [0.25, 0.3) is 11.1 Å². The Morgan fingerprint density at radius 1 is 1.14 bits per heavy atom. The number of rotatable bonds is 5. The predicted octanol–water partition coefficient (Wildman–Crippen LogP) is 4.87. The molecule has 146 valence electrons. The highest BCUT2D eigenvalue weighted by Gasteiger charge is 2.19. The minimum atomic E-state index is -0.675. The van der Waals surface area contributed by atoms with E-state index in [1.165, 1.54) is 18.2 Å². The zero-order valence-corrected chi connectivity index (χ0v) is 15.8. The van der Waals surface area contributed by atoms with E-state index in [1.54, 1.807) is 18.2 Å². The Kier molecular flexibility index (Phi) is 5.18. The Hall–Kier alpha value is -3.38. The monoisotopic (exact) mass is 411 g/mol. The number of fused-ring (bicyclic) bond motifs is 1. The number of anilines is 1. The highest BCUT2D eigenvalue weighted by atomic mass is 35.5. The van der Waals surface area contributed by atoms with Crippen LogP contribution in [0.15, 0.2) is 54.6 Å². The molecule has 1 aliphatic rings. The quantitative estimate of drug-likeness (QED) is 0.608. The average Bonchev–Trinajstić information content (AvgIpc) is 3.19. The van der Waals surface area contributed by atoms with E-state index in [2.05, 4.69) is 5.32 Å². The minimum absolute atomic E-state index is 0.0545. The van der Waals surface area contributed by atoms with Crippen molar-refractivity contribution in [1.82, 2.24) is 0 Å². The molecule has 0 radical (unpaired) electrons. The molecular weight excluding hydrogens is 397 g/mol. The molecule has 3 aromatic rings. The zero-order chi connectivity index (χ0) is 20.4. The van der Waals surface area contributed by atoms with Crippen LogP contribution in [0.5, 0.6) is 11.5 Å².